The molecule has 1 aliphatic heterocycles. The Bertz CT molecular complexity index is 1230. The van der Waals surface area contributed by atoms with Crippen molar-refractivity contribution in [1.29, 1.82) is 0 Å². The van der Waals surface area contributed by atoms with Crippen LogP contribution in [0.2, 0.25) is 0 Å². The Balaban J connectivity index is 1.61. The van der Waals surface area contributed by atoms with E-state index >= 15 is 0 Å². The van der Waals surface area contributed by atoms with Crippen molar-refractivity contribution in [1.82, 2.24) is 10.0 Å². The number of hydrogen-bond donors (Lipinski definition) is 3. The van der Waals surface area contributed by atoms with Crippen LogP contribution in [0.4, 0.5) is 16.2 Å². The quantitative estimate of drug-likeness (QED) is 0.284. The van der Waals surface area contributed by atoms with E-state index in [0.29, 0.717) is 13.1 Å². The van der Waals surface area contributed by atoms with Crippen molar-refractivity contribution in [3.8, 4) is 5.75 Å². The number of para-hydroxylation sites is 1. The summed E-state index contributed by atoms with van der Waals surface area (Å²) < 4.78 is 32.7. The molecule has 0 radical (unpaired) electrons. The van der Waals surface area contributed by atoms with Gasteiger partial charge in [-0.3, -0.25) is 9.59 Å². The predicted octanol–water partition coefficient (Wildman–Crippen LogP) is 3.57. The number of nitrogens with one attached hydrogen (secondary N) is 3. The van der Waals surface area contributed by atoms with Gasteiger partial charge in [-0.1, -0.05) is 50.8 Å². The number of urea groups is 1. The summed E-state index contributed by atoms with van der Waals surface area (Å²) >= 11 is 0. The smallest absolute Gasteiger partial charge is 0.328 e. The van der Waals surface area contributed by atoms with Gasteiger partial charge >= 0.3 is 6.03 Å². The first-order valence-electron chi connectivity index (χ1n) is 12.4. The van der Waals surface area contributed by atoms with Crippen molar-refractivity contribution in [2.45, 2.75) is 56.8 Å². The molecule has 11 heteroatoms. The van der Waals surface area contributed by atoms with Crippen molar-refractivity contribution >= 4 is 39.2 Å². The lowest BCUT2D eigenvalue weighted by Gasteiger charge is -2.17. The maximum Gasteiger partial charge on any atom is 0.328 e. The average molecular weight is 531 g/mol. The largest absolute Gasteiger partial charge is 0.495 e. The Kier molecular flexibility index (Phi) is 9.90. The Hall–Kier alpha value is -3.60. The lowest BCUT2D eigenvalue weighted by molar-refractivity contribution is -0.125. The van der Waals surface area contributed by atoms with E-state index in [0.717, 1.165) is 49.8 Å². The molecule has 2 aromatic carbocycles. The highest BCUT2D eigenvalue weighted by Gasteiger charge is 2.26. The Morgan fingerprint density at radius 3 is 2.54 bits per heavy atom. The third-order valence-corrected chi connectivity index (χ3v) is 7.38. The van der Waals surface area contributed by atoms with Crippen LogP contribution in [-0.2, 0) is 26.0 Å². The number of rotatable bonds is 12. The van der Waals surface area contributed by atoms with E-state index in [1.807, 2.05) is 29.0 Å². The maximum atomic E-state index is 12.8. The molecule has 0 atom stereocenters. The lowest BCUT2D eigenvalue weighted by atomic mass is 10.1. The number of methoxy groups -OCH3 is 1. The molecule has 37 heavy (non-hydrogen) atoms. The summed E-state index contributed by atoms with van der Waals surface area (Å²) in [5.41, 5.74) is 1.90. The number of unbranched alkanes of at least 4 members (excludes halogenated alkanes) is 4. The summed E-state index contributed by atoms with van der Waals surface area (Å²) in [6.45, 7) is 2.97. The van der Waals surface area contributed by atoms with Crippen LogP contribution in [0.15, 0.2) is 47.4 Å². The molecule has 3 N–H and O–H groups in total. The molecule has 1 aliphatic rings. The summed E-state index contributed by atoms with van der Waals surface area (Å²) in [5.74, 6) is -0.767. The van der Waals surface area contributed by atoms with Crippen LogP contribution in [0.25, 0.3) is 0 Å². The second-order valence-corrected chi connectivity index (χ2v) is 10.5. The van der Waals surface area contributed by atoms with Gasteiger partial charge in [0.2, 0.25) is 11.8 Å². The van der Waals surface area contributed by atoms with Gasteiger partial charge in [0.1, 0.15) is 12.2 Å². The Morgan fingerprint density at radius 1 is 1.03 bits per heavy atom. The standard InChI is InChI=1S/C26H34N4O6S/c1-3-4-5-6-9-15-27-26(33)29-37(34,35)20-12-13-23(36-2)21(17-20)28-24(31)18-25(32)30-16-14-19-10-7-8-11-22(19)30/h7-8,10-13,17H,3-6,9,14-16,18H2,1-2H3,(H,28,31)(H2,27,29,33). The minimum atomic E-state index is -4.21. The Morgan fingerprint density at radius 2 is 1.78 bits per heavy atom. The molecule has 0 saturated heterocycles. The predicted molar refractivity (Wildman–Crippen MR) is 141 cm³/mol. The number of amides is 4. The lowest BCUT2D eigenvalue weighted by Crippen LogP contribution is -2.39. The highest BCUT2D eigenvalue weighted by atomic mass is 32.2. The summed E-state index contributed by atoms with van der Waals surface area (Å²) in [4.78, 5) is 38.9. The van der Waals surface area contributed by atoms with Crippen LogP contribution in [0.5, 0.6) is 5.75 Å². The number of benzene rings is 2. The number of hydrogen-bond acceptors (Lipinski definition) is 6. The first-order chi connectivity index (χ1) is 17.7. The highest BCUT2D eigenvalue weighted by molar-refractivity contribution is 7.90. The minimum absolute atomic E-state index is 0.0707. The molecule has 0 unspecified atom stereocenters. The number of nitrogens with zero attached hydrogens (tertiary/aromatic N) is 1. The van der Waals surface area contributed by atoms with Gasteiger partial charge in [0.25, 0.3) is 10.0 Å². The molecule has 200 valence electrons. The number of anilines is 2. The number of ether oxygens (including phenoxy) is 1. The maximum absolute atomic E-state index is 12.8. The topological polar surface area (TPSA) is 134 Å². The zero-order valence-electron chi connectivity index (χ0n) is 21.2. The highest BCUT2D eigenvalue weighted by Crippen LogP contribution is 2.29. The van der Waals surface area contributed by atoms with E-state index in [4.69, 9.17) is 4.74 Å². The normalized spacial score (nSPS) is 12.5. The van der Waals surface area contributed by atoms with E-state index < -0.39 is 28.4 Å². The molecular weight excluding hydrogens is 496 g/mol. The molecule has 2 aromatic rings. The molecule has 0 bridgehead atoms. The fraction of sp³-hybridized carbons (Fsp3) is 0.423. The summed E-state index contributed by atoms with van der Waals surface area (Å²) in [6, 6.07) is 10.5. The Labute approximate surface area is 217 Å². The van der Waals surface area contributed by atoms with Gasteiger partial charge in [0, 0.05) is 18.8 Å². The van der Waals surface area contributed by atoms with E-state index in [9.17, 15) is 22.8 Å². The van der Waals surface area contributed by atoms with Crippen molar-refractivity contribution in [3.05, 3.63) is 48.0 Å². The molecule has 10 nitrogen and oxygen atoms in total. The first-order valence-corrected chi connectivity index (χ1v) is 13.9. The van der Waals surface area contributed by atoms with Crippen molar-refractivity contribution in [3.63, 3.8) is 0 Å². The van der Waals surface area contributed by atoms with Crippen LogP contribution in [-0.4, -0.2) is 46.5 Å². The van der Waals surface area contributed by atoms with Crippen LogP contribution in [0.3, 0.4) is 0 Å². The molecule has 0 aromatic heterocycles. The summed E-state index contributed by atoms with van der Waals surface area (Å²) in [6.07, 6.45) is 5.31. The molecule has 1 heterocycles. The number of fused-ring (bicyclic) bond motifs is 1. The molecule has 0 fully saturated rings. The van der Waals surface area contributed by atoms with Gasteiger partial charge in [-0.2, -0.15) is 0 Å². The SMILES string of the molecule is CCCCCCCNC(=O)NS(=O)(=O)c1ccc(OC)c(NC(=O)CC(=O)N2CCc3ccccc32)c1. The molecule has 0 saturated carbocycles. The molecule has 4 amide bonds. The second kappa shape index (κ2) is 13.1. The fourth-order valence-corrected chi connectivity index (χ4v) is 5.08. The first kappa shape index (κ1) is 28.0. The monoisotopic (exact) mass is 530 g/mol. The number of sulfonamides is 1. The van der Waals surface area contributed by atoms with Gasteiger partial charge < -0.3 is 20.3 Å². The van der Waals surface area contributed by atoms with Crippen molar-refractivity contribution in [2.75, 3.05) is 30.4 Å². The number of carbonyl (C=O) groups excluding carboxylic acids is 3. The van der Waals surface area contributed by atoms with Gasteiger partial charge in [0.15, 0.2) is 0 Å². The van der Waals surface area contributed by atoms with Crippen LogP contribution in [0, 0.1) is 0 Å². The van der Waals surface area contributed by atoms with E-state index in [1.165, 1.54) is 25.3 Å². The van der Waals surface area contributed by atoms with Crippen LogP contribution < -0.4 is 25.0 Å². The average Bonchev–Trinajstić information content (AvgIpc) is 3.30. The van der Waals surface area contributed by atoms with Crippen molar-refractivity contribution in [2.24, 2.45) is 0 Å². The molecular formula is C26H34N4O6S. The molecule has 3 rings (SSSR count). The minimum Gasteiger partial charge on any atom is -0.495 e. The zero-order chi connectivity index (χ0) is 26.8. The van der Waals surface area contributed by atoms with Gasteiger partial charge in [-0.25, -0.2) is 17.9 Å². The summed E-state index contributed by atoms with van der Waals surface area (Å²) in [5, 5.41) is 5.10. The van der Waals surface area contributed by atoms with E-state index in [1.54, 1.807) is 4.90 Å². The van der Waals surface area contributed by atoms with Gasteiger partial charge in [0.05, 0.1) is 17.7 Å². The molecule has 0 aliphatic carbocycles. The third kappa shape index (κ3) is 7.69. The second-order valence-electron chi connectivity index (χ2n) is 8.79. The molecule has 0 spiro atoms. The fourth-order valence-electron chi connectivity index (χ4n) is 4.12. The van der Waals surface area contributed by atoms with Crippen molar-refractivity contribution < 1.29 is 27.5 Å². The van der Waals surface area contributed by atoms with E-state index in [2.05, 4.69) is 17.6 Å². The van der Waals surface area contributed by atoms with E-state index in [-0.39, 0.29) is 22.2 Å². The van der Waals surface area contributed by atoms with Crippen LogP contribution in [0.1, 0.15) is 51.0 Å². The third-order valence-electron chi connectivity index (χ3n) is 6.05. The number of carbonyl (C=O) groups is 3. The zero-order valence-corrected chi connectivity index (χ0v) is 22.0. The summed E-state index contributed by atoms with van der Waals surface area (Å²) in [7, 11) is -2.84. The van der Waals surface area contributed by atoms with Gasteiger partial charge in [-0.05, 0) is 42.7 Å². The van der Waals surface area contributed by atoms with Crippen LogP contribution >= 0.6 is 0 Å². The van der Waals surface area contributed by atoms with Gasteiger partial charge in [-0.15, -0.1) is 0 Å².